The van der Waals surface area contributed by atoms with Crippen LogP contribution in [0.4, 0.5) is 28.4 Å². The molecule has 0 saturated heterocycles. The van der Waals surface area contributed by atoms with Crippen LogP contribution in [0.15, 0.2) is 40.6 Å². The molecule has 2 aromatic carbocycles. The van der Waals surface area contributed by atoms with E-state index in [9.17, 15) is 9.59 Å². The number of hydrogen-bond acceptors (Lipinski definition) is 6. The fourth-order valence-corrected chi connectivity index (χ4v) is 2.94. The Labute approximate surface area is 167 Å². The van der Waals surface area contributed by atoms with Crippen molar-refractivity contribution in [2.24, 2.45) is 10.2 Å². The van der Waals surface area contributed by atoms with Gasteiger partial charge >= 0.3 is 0 Å². The number of benzene rings is 2. The molecule has 3 N–H and O–H groups in total. The van der Waals surface area contributed by atoms with Gasteiger partial charge in [-0.3, -0.25) is 9.59 Å². The fraction of sp³-hybridized carbons (Fsp3) is 0.222. The van der Waals surface area contributed by atoms with Crippen molar-refractivity contribution < 1.29 is 9.59 Å². The van der Waals surface area contributed by atoms with Gasteiger partial charge in [-0.25, -0.2) is 0 Å². The van der Waals surface area contributed by atoms with Crippen molar-refractivity contribution in [3.05, 3.63) is 40.4 Å². The highest BCUT2D eigenvalue weighted by Gasteiger charge is 2.11. The molecule has 142 valence electrons. The lowest BCUT2D eigenvalue weighted by Crippen LogP contribution is -2.24. The minimum atomic E-state index is -0.280. The summed E-state index contributed by atoms with van der Waals surface area (Å²) in [4.78, 5) is 24.2. The van der Waals surface area contributed by atoms with Crippen LogP contribution in [0.2, 0.25) is 10.0 Å². The van der Waals surface area contributed by atoms with Crippen molar-refractivity contribution in [2.45, 2.75) is 13.8 Å². The zero-order valence-electron chi connectivity index (χ0n) is 15.1. The summed E-state index contributed by atoms with van der Waals surface area (Å²) in [5, 5.41) is 11.4. The first kappa shape index (κ1) is 20.7. The van der Waals surface area contributed by atoms with Gasteiger partial charge in [0, 0.05) is 14.0 Å². The standard InChI is InChI=1S/C18H19Cl2N5O2/c1-10(26)9-25(3)17-8-12(4-5-16(17)21)23-24-13-6-14(19)18(15(20)7-13)22-11(2)27/h4-8H,9,21H2,1-3H3,(H,22,27)/b24-23+. The van der Waals surface area contributed by atoms with Gasteiger partial charge in [0.1, 0.15) is 5.78 Å². The third kappa shape index (κ3) is 5.67. The first-order chi connectivity index (χ1) is 12.7. The van der Waals surface area contributed by atoms with Crippen molar-refractivity contribution >= 4 is 63.3 Å². The van der Waals surface area contributed by atoms with Crippen LogP contribution in [0.25, 0.3) is 0 Å². The topological polar surface area (TPSA) is 100 Å². The number of rotatable bonds is 6. The number of likely N-dealkylation sites (N-methyl/N-ethyl adjacent to an activating group) is 1. The number of Topliss-reactive ketones (excluding diaryl/α,β-unsaturated/α-hetero) is 1. The highest BCUT2D eigenvalue weighted by Crippen LogP contribution is 2.36. The van der Waals surface area contributed by atoms with E-state index >= 15 is 0 Å². The third-order valence-corrected chi connectivity index (χ3v) is 4.09. The number of amides is 1. The van der Waals surface area contributed by atoms with E-state index in [2.05, 4.69) is 15.5 Å². The number of azo groups is 1. The van der Waals surface area contributed by atoms with E-state index in [-0.39, 0.29) is 28.3 Å². The summed E-state index contributed by atoms with van der Waals surface area (Å²) in [5.74, 6) is -0.260. The lowest BCUT2D eigenvalue weighted by molar-refractivity contribution is -0.116. The van der Waals surface area contributed by atoms with Crippen LogP contribution in [0.3, 0.4) is 0 Å². The molecule has 0 aliphatic heterocycles. The van der Waals surface area contributed by atoms with Gasteiger partial charge in [-0.2, -0.15) is 10.2 Å². The highest BCUT2D eigenvalue weighted by atomic mass is 35.5. The van der Waals surface area contributed by atoms with Gasteiger partial charge in [-0.05, 0) is 37.3 Å². The zero-order valence-corrected chi connectivity index (χ0v) is 16.6. The van der Waals surface area contributed by atoms with Gasteiger partial charge < -0.3 is 16.0 Å². The highest BCUT2D eigenvalue weighted by molar-refractivity contribution is 6.40. The number of anilines is 3. The summed E-state index contributed by atoms with van der Waals surface area (Å²) in [6.45, 7) is 3.11. The predicted octanol–water partition coefficient (Wildman–Crippen LogP) is 4.97. The van der Waals surface area contributed by atoms with Crippen molar-refractivity contribution in [2.75, 3.05) is 29.5 Å². The smallest absolute Gasteiger partial charge is 0.221 e. The van der Waals surface area contributed by atoms with Crippen LogP contribution in [0.5, 0.6) is 0 Å². The summed E-state index contributed by atoms with van der Waals surface area (Å²) in [7, 11) is 1.77. The Morgan fingerprint density at radius 3 is 2.22 bits per heavy atom. The van der Waals surface area contributed by atoms with E-state index in [1.165, 1.54) is 13.8 Å². The number of nitrogens with one attached hydrogen (secondary N) is 1. The second-order valence-corrected chi connectivity index (χ2v) is 6.78. The zero-order chi connectivity index (χ0) is 20.1. The van der Waals surface area contributed by atoms with E-state index in [1.54, 1.807) is 42.3 Å². The molecule has 0 aromatic heterocycles. The van der Waals surface area contributed by atoms with E-state index in [1.807, 2.05) is 0 Å². The predicted molar refractivity (Wildman–Crippen MR) is 110 cm³/mol. The van der Waals surface area contributed by atoms with Crippen LogP contribution < -0.4 is 16.0 Å². The van der Waals surface area contributed by atoms with Crippen LogP contribution in [0.1, 0.15) is 13.8 Å². The molecule has 0 aliphatic carbocycles. The molecule has 1 amide bonds. The van der Waals surface area contributed by atoms with Gasteiger partial charge in [0.2, 0.25) is 5.91 Å². The largest absolute Gasteiger partial charge is 0.397 e. The number of hydrogen-bond donors (Lipinski definition) is 2. The summed E-state index contributed by atoms with van der Waals surface area (Å²) in [6.07, 6.45) is 0. The Morgan fingerprint density at radius 2 is 1.67 bits per heavy atom. The normalized spacial score (nSPS) is 10.9. The average molecular weight is 408 g/mol. The average Bonchev–Trinajstić information content (AvgIpc) is 2.56. The molecule has 7 nitrogen and oxygen atoms in total. The van der Waals surface area contributed by atoms with Crippen LogP contribution >= 0.6 is 23.2 Å². The molecular weight excluding hydrogens is 389 g/mol. The monoisotopic (exact) mass is 407 g/mol. The molecule has 0 saturated carbocycles. The Hall–Kier alpha value is -2.64. The Balaban J connectivity index is 2.28. The molecule has 9 heteroatoms. The molecule has 0 fully saturated rings. The fourth-order valence-electron chi connectivity index (χ4n) is 2.37. The van der Waals surface area contributed by atoms with Crippen LogP contribution in [-0.4, -0.2) is 25.3 Å². The number of ketones is 1. The molecule has 2 rings (SSSR count). The van der Waals surface area contributed by atoms with Crippen molar-refractivity contribution in [1.82, 2.24) is 0 Å². The van der Waals surface area contributed by atoms with Gasteiger partial charge in [0.15, 0.2) is 0 Å². The first-order valence-electron chi connectivity index (χ1n) is 7.96. The Kier molecular flexibility index (Phi) is 6.76. The molecule has 0 spiro atoms. The van der Waals surface area contributed by atoms with Crippen LogP contribution in [0, 0.1) is 0 Å². The molecule has 0 atom stereocenters. The van der Waals surface area contributed by atoms with Crippen molar-refractivity contribution in [1.29, 1.82) is 0 Å². The maximum absolute atomic E-state index is 11.3. The molecule has 0 heterocycles. The van der Waals surface area contributed by atoms with E-state index in [0.717, 1.165) is 0 Å². The van der Waals surface area contributed by atoms with Crippen molar-refractivity contribution in [3.63, 3.8) is 0 Å². The number of carbonyl (C=O) groups excluding carboxylic acids is 2. The Bertz CT molecular complexity index is 892. The molecule has 27 heavy (non-hydrogen) atoms. The lowest BCUT2D eigenvalue weighted by Gasteiger charge is -2.19. The van der Waals surface area contributed by atoms with E-state index in [0.29, 0.717) is 28.4 Å². The van der Waals surface area contributed by atoms with E-state index in [4.69, 9.17) is 28.9 Å². The number of nitrogens with zero attached hydrogens (tertiary/aromatic N) is 3. The summed E-state index contributed by atoms with van der Waals surface area (Å²) < 4.78 is 0. The minimum Gasteiger partial charge on any atom is -0.397 e. The molecule has 0 radical (unpaired) electrons. The van der Waals surface area contributed by atoms with Gasteiger partial charge in [-0.15, -0.1) is 0 Å². The van der Waals surface area contributed by atoms with Gasteiger partial charge in [0.25, 0.3) is 0 Å². The maximum Gasteiger partial charge on any atom is 0.221 e. The summed E-state index contributed by atoms with van der Waals surface area (Å²) in [6, 6.07) is 8.22. The van der Waals surface area contributed by atoms with Crippen LogP contribution in [-0.2, 0) is 9.59 Å². The van der Waals surface area contributed by atoms with Gasteiger partial charge in [0.05, 0.1) is 45.0 Å². The molecule has 0 aliphatic rings. The lowest BCUT2D eigenvalue weighted by atomic mass is 10.2. The van der Waals surface area contributed by atoms with Gasteiger partial charge in [-0.1, -0.05) is 23.2 Å². The Morgan fingerprint density at radius 1 is 1.07 bits per heavy atom. The summed E-state index contributed by atoms with van der Waals surface area (Å²) in [5.41, 5.74) is 8.48. The maximum atomic E-state index is 11.3. The molecule has 2 aromatic rings. The minimum absolute atomic E-state index is 0.0208. The van der Waals surface area contributed by atoms with E-state index < -0.39 is 0 Å². The molecular formula is C18H19Cl2N5O2. The van der Waals surface area contributed by atoms with Crippen molar-refractivity contribution in [3.8, 4) is 0 Å². The number of halogens is 2. The quantitative estimate of drug-likeness (QED) is 0.520. The summed E-state index contributed by atoms with van der Waals surface area (Å²) >= 11 is 12.3. The second-order valence-electron chi connectivity index (χ2n) is 5.97. The molecule has 0 unspecified atom stereocenters. The third-order valence-electron chi connectivity index (χ3n) is 3.49. The first-order valence-corrected chi connectivity index (χ1v) is 8.71. The SMILES string of the molecule is CC(=O)CN(C)c1cc(/N=N/c2cc(Cl)c(NC(C)=O)c(Cl)c2)ccc1N. The second kappa shape index (κ2) is 8.83. The number of nitrogens with two attached hydrogens (primary N) is 1. The number of carbonyl (C=O) groups is 2. The number of nitrogen functional groups attached to an aromatic ring is 1. The molecule has 0 bridgehead atoms.